The van der Waals surface area contributed by atoms with Crippen molar-refractivity contribution in [3.05, 3.63) is 34.7 Å². The minimum atomic E-state index is -0.751. The molecule has 1 saturated carbocycles. The number of imidazole rings is 1. The number of hydrogen-bond donors (Lipinski definition) is 2. The van der Waals surface area contributed by atoms with Crippen LogP contribution in [-0.4, -0.2) is 32.3 Å². The molecule has 0 spiro atoms. The summed E-state index contributed by atoms with van der Waals surface area (Å²) in [5.41, 5.74) is 0.573. The molecule has 0 aliphatic heterocycles. The van der Waals surface area contributed by atoms with Gasteiger partial charge in [0.05, 0.1) is 16.6 Å². The zero-order valence-corrected chi connectivity index (χ0v) is 12.0. The van der Waals surface area contributed by atoms with Crippen molar-refractivity contribution in [2.75, 3.05) is 6.54 Å². The number of aliphatic hydroxyl groups is 1. The van der Waals surface area contributed by atoms with Gasteiger partial charge >= 0.3 is 5.69 Å². The van der Waals surface area contributed by atoms with E-state index in [1.54, 1.807) is 7.05 Å². The Bertz CT molecular complexity index is 740. The Morgan fingerprint density at radius 1 is 1.33 bits per heavy atom. The van der Waals surface area contributed by atoms with E-state index in [-0.39, 0.29) is 24.7 Å². The molecule has 0 unspecified atom stereocenters. The van der Waals surface area contributed by atoms with Crippen LogP contribution in [0.15, 0.2) is 29.1 Å². The van der Waals surface area contributed by atoms with Crippen molar-refractivity contribution in [1.29, 1.82) is 0 Å². The Balaban J connectivity index is 1.77. The molecule has 1 fully saturated rings. The first-order chi connectivity index (χ1) is 10.0. The first kappa shape index (κ1) is 13.9. The number of aryl methyl sites for hydroxylation is 1. The van der Waals surface area contributed by atoms with Gasteiger partial charge in [-0.2, -0.15) is 0 Å². The molecule has 1 amide bonds. The van der Waals surface area contributed by atoms with Crippen molar-refractivity contribution in [2.45, 2.75) is 31.4 Å². The van der Waals surface area contributed by atoms with Crippen molar-refractivity contribution in [3.8, 4) is 0 Å². The van der Waals surface area contributed by atoms with Crippen LogP contribution in [0.4, 0.5) is 0 Å². The summed E-state index contributed by atoms with van der Waals surface area (Å²) < 4.78 is 2.98. The largest absolute Gasteiger partial charge is 0.388 e. The van der Waals surface area contributed by atoms with E-state index in [4.69, 9.17) is 0 Å². The van der Waals surface area contributed by atoms with Crippen LogP contribution in [0.2, 0.25) is 0 Å². The van der Waals surface area contributed by atoms with E-state index >= 15 is 0 Å². The minimum absolute atomic E-state index is 0.0315. The van der Waals surface area contributed by atoms with Gasteiger partial charge in [0.25, 0.3) is 0 Å². The molecule has 2 N–H and O–H groups in total. The van der Waals surface area contributed by atoms with E-state index in [0.717, 1.165) is 30.3 Å². The highest BCUT2D eigenvalue weighted by atomic mass is 16.3. The summed E-state index contributed by atoms with van der Waals surface area (Å²) >= 11 is 0. The summed E-state index contributed by atoms with van der Waals surface area (Å²) in [6.45, 7) is 0.224. The number of carbonyl (C=O) groups is 1. The summed E-state index contributed by atoms with van der Waals surface area (Å²) in [5.74, 6) is -0.256. The number of carbonyl (C=O) groups excluding carboxylic acids is 1. The Kier molecular flexibility index (Phi) is 3.33. The molecule has 1 aromatic heterocycles. The number of hydrogen-bond acceptors (Lipinski definition) is 3. The lowest BCUT2D eigenvalue weighted by molar-refractivity contribution is -0.124. The fraction of sp³-hybridized carbons (Fsp3) is 0.467. The minimum Gasteiger partial charge on any atom is -0.388 e. The highest BCUT2D eigenvalue weighted by molar-refractivity contribution is 5.80. The van der Waals surface area contributed by atoms with Gasteiger partial charge in [0, 0.05) is 13.6 Å². The maximum Gasteiger partial charge on any atom is 0.329 e. The molecule has 6 heteroatoms. The monoisotopic (exact) mass is 289 g/mol. The van der Waals surface area contributed by atoms with E-state index < -0.39 is 5.60 Å². The van der Waals surface area contributed by atoms with Gasteiger partial charge in [0.15, 0.2) is 0 Å². The van der Waals surface area contributed by atoms with E-state index in [0.29, 0.717) is 0 Å². The van der Waals surface area contributed by atoms with Crippen molar-refractivity contribution in [1.82, 2.24) is 14.5 Å². The van der Waals surface area contributed by atoms with Gasteiger partial charge in [0.2, 0.25) is 5.91 Å². The quantitative estimate of drug-likeness (QED) is 0.854. The lowest BCUT2D eigenvalue weighted by Crippen LogP contribution is -2.48. The Labute approximate surface area is 122 Å². The molecule has 2 aromatic rings. The van der Waals surface area contributed by atoms with Crippen molar-refractivity contribution >= 4 is 16.9 Å². The zero-order chi connectivity index (χ0) is 15.0. The van der Waals surface area contributed by atoms with Gasteiger partial charge < -0.3 is 10.4 Å². The standard InChI is InChI=1S/C15H19N3O3/c1-17-11-5-2-3-6-12(11)18(14(17)20)9-13(19)16-10-15(21)7-4-8-15/h2-3,5-6,21H,4,7-10H2,1H3,(H,16,19). The predicted octanol–water partition coefficient (Wildman–Crippen LogP) is 0.371. The summed E-state index contributed by atoms with van der Waals surface area (Å²) in [7, 11) is 1.69. The van der Waals surface area contributed by atoms with Gasteiger partial charge in [-0.25, -0.2) is 4.79 Å². The third-order valence-corrected chi connectivity index (χ3v) is 4.25. The van der Waals surface area contributed by atoms with E-state index in [1.807, 2.05) is 24.3 Å². The number of benzene rings is 1. The number of para-hydroxylation sites is 2. The van der Waals surface area contributed by atoms with Crippen LogP contribution >= 0.6 is 0 Å². The van der Waals surface area contributed by atoms with Crippen LogP contribution in [0.1, 0.15) is 19.3 Å². The molecule has 6 nitrogen and oxygen atoms in total. The molecule has 1 aliphatic carbocycles. The zero-order valence-electron chi connectivity index (χ0n) is 12.0. The molecule has 21 heavy (non-hydrogen) atoms. The first-order valence-corrected chi connectivity index (χ1v) is 7.13. The van der Waals surface area contributed by atoms with Crippen LogP contribution in [-0.2, 0) is 18.4 Å². The fourth-order valence-electron chi connectivity index (χ4n) is 2.74. The Morgan fingerprint density at radius 2 is 2.00 bits per heavy atom. The maximum absolute atomic E-state index is 12.2. The average molecular weight is 289 g/mol. The lowest BCUT2D eigenvalue weighted by Gasteiger charge is -2.36. The number of fused-ring (bicyclic) bond motifs is 1. The smallest absolute Gasteiger partial charge is 0.329 e. The Hall–Kier alpha value is -2.08. The molecule has 0 radical (unpaired) electrons. The Morgan fingerprint density at radius 3 is 2.62 bits per heavy atom. The van der Waals surface area contributed by atoms with Gasteiger partial charge in [-0.3, -0.25) is 13.9 Å². The number of amides is 1. The molecule has 0 bridgehead atoms. The molecule has 3 rings (SSSR count). The average Bonchev–Trinajstić information content (AvgIpc) is 2.69. The van der Waals surface area contributed by atoms with E-state index in [2.05, 4.69) is 5.32 Å². The lowest BCUT2D eigenvalue weighted by atomic mass is 9.80. The van der Waals surface area contributed by atoms with Crippen molar-refractivity contribution in [3.63, 3.8) is 0 Å². The van der Waals surface area contributed by atoms with Gasteiger partial charge in [0.1, 0.15) is 6.54 Å². The van der Waals surface area contributed by atoms with Crippen LogP contribution in [0.3, 0.4) is 0 Å². The van der Waals surface area contributed by atoms with Gasteiger partial charge in [-0.05, 0) is 31.4 Å². The molecule has 112 valence electrons. The SMILES string of the molecule is Cn1c(=O)n(CC(=O)NCC2(O)CCC2)c2ccccc21. The molecule has 1 aromatic carbocycles. The van der Waals surface area contributed by atoms with Gasteiger partial charge in [-0.15, -0.1) is 0 Å². The summed E-state index contributed by atoms with van der Waals surface area (Å²) in [6.07, 6.45) is 2.44. The van der Waals surface area contributed by atoms with Crippen LogP contribution < -0.4 is 11.0 Å². The first-order valence-electron chi connectivity index (χ1n) is 7.13. The third kappa shape index (κ3) is 2.47. The van der Waals surface area contributed by atoms with Crippen LogP contribution in [0, 0.1) is 0 Å². The second-order valence-corrected chi connectivity index (χ2v) is 5.77. The van der Waals surface area contributed by atoms with Gasteiger partial charge in [-0.1, -0.05) is 12.1 Å². The van der Waals surface area contributed by atoms with Crippen molar-refractivity contribution < 1.29 is 9.90 Å². The predicted molar refractivity (Wildman–Crippen MR) is 79.0 cm³/mol. The number of aromatic nitrogens is 2. The second-order valence-electron chi connectivity index (χ2n) is 5.77. The normalized spacial score (nSPS) is 16.7. The highest BCUT2D eigenvalue weighted by Gasteiger charge is 2.34. The second kappa shape index (κ2) is 5.04. The number of nitrogens with zero attached hydrogens (tertiary/aromatic N) is 2. The molecular formula is C15H19N3O3. The fourth-order valence-corrected chi connectivity index (χ4v) is 2.74. The number of rotatable bonds is 4. The molecular weight excluding hydrogens is 270 g/mol. The summed E-state index contributed by atoms with van der Waals surface area (Å²) in [5, 5.41) is 12.7. The van der Waals surface area contributed by atoms with E-state index in [1.165, 1.54) is 9.13 Å². The molecule has 1 aliphatic rings. The summed E-state index contributed by atoms with van der Waals surface area (Å²) in [4.78, 5) is 24.2. The topological polar surface area (TPSA) is 76.3 Å². The summed E-state index contributed by atoms with van der Waals surface area (Å²) in [6, 6.07) is 7.37. The molecule has 1 heterocycles. The number of nitrogens with one attached hydrogen (secondary N) is 1. The third-order valence-electron chi connectivity index (χ3n) is 4.25. The highest BCUT2D eigenvalue weighted by Crippen LogP contribution is 2.30. The van der Waals surface area contributed by atoms with Crippen LogP contribution in [0.5, 0.6) is 0 Å². The molecule has 0 saturated heterocycles. The van der Waals surface area contributed by atoms with E-state index in [9.17, 15) is 14.7 Å². The van der Waals surface area contributed by atoms with Crippen molar-refractivity contribution in [2.24, 2.45) is 7.05 Å². The molecule has 0 atom stereocenters. The van der Waals surface area contributed by atoms with Crippen LogP contribution in [0.25, 0.3) is 11.0 Å². The maximum atomic E-state index is 12.2.